The first-order valence-electron chi connectivity index (χ1n) is 6.08. The van der Waals surface area contributed by atoms with E-state index in [1.54, 1.807) is 0 Å². The molecule has 1 aliphatic heterocycles. The predicted octanol–water partition coefficient (Wildman–Crippen LogP) is 3.63. The maximum Gasteiger partial charge on any atom is 0.119 e. The van der Waals surface area contributed by atoms with Crippen LogP contribution in [0.1, 0.15) is 25.7 Å². The highest BCUT2D eigenvalue weighted by Gasteiger charge is 2.34. The van der Waals surface area contributed by atoms with Gasteiger partial charge in [-0.25, -0.2) is 0 Å². The van der Waals surface area contributed by atoms with Gasteiger partial charge < -0.3 is 4.74 Å². The number of ether oxygens (including phenoxy) is 1. The third kappa shape index (κ3) is 3.41. The zero-order valence-corrected chi connectivity index (χ0v) is 10.7. The van der Waals surface area contributed by atoms with Crippen molar-refractivity contribution in [3.8, 4) is 11.8 Å². The van der Waals surface area contributed by atoms with Crippen molar-refractivity contribution in [2.45, 2.75) is 30.4 Å². The topological polar surface area (TPSA) is 33.0 Å². The number of nitriles is 1. The standard InChI is InChI=1S/C14H17NOS/c15-12-14(9-5-11-17-14)8-4-10-16-13-6-2-1-3-7-13/h1-3,6-7H,4-5,8-11H2. The molecule has 0 saturated carbocycles. The van der Waals surface area contributed by atoms with Crippen LogP contribution in [0.4, 0.5) is 0 Å². The molecular formula is C14H17NOS. The van der Waals surface area contributed by atoms with E-state index in [1.165, 1.54) is 6.42 Å². The van der Waals surface area contributed by atoms with Crippen molar-refractivity contribution in [1.29, 1.82) is 5.26 Å². The number of rotatable bonds is 5. The van der Waals surface area contributed by atoms with Gasteiger partial charge in [0, 0.05) is 0 Å². The summed E-state index contributed by atoms with van der Waals surface area (Å²) in [7, 11) is 0. The zero-order valence-electron chi connectivity index (χ0n) is 9.89. The Hall–Kier alpha value is -1.14. The molecule has 0 bridgehead atoms. The molecule has 0 aliphatic carbocycles. The lowest BCUT2D eigenvalue weighted by Crippen LogP contribution is -2.19. The Kier molecular flexibility index (Phi) is 4.33. The smallest absolute Gasteiger partial charge is 0.119 e. The van der Waals surface area contributed by atoms with E-state index in [0.717, 1.165) is 30.8 Å². The van der Waals surface area contributed by atoms with E-state index in [-0.39, 0.29) is 4.75 Å². The van der Waals surface area contributed by atoms with Gasteiger partial charge in [0.15, 0.2) is 0 Å². The SMILES string of the molecule is N#CC1(CCCOc2ccccc2)CCCS1. The van der Waals surface area contributed by atoms with Crippen molar-refractivity contribution in [3.63, 3.8) is 0 Å². The summed E-state index contributed by atoms with van der Waals surface area (Å²) >= 11 is 1.82. The first-order valence-corrected chi connectivity index (χ1v) is 7.06. The minimum atomic E-state index is -0.125. The summed E-state index contributed by atoms with van der Waals surface area (Å²) in [6.45, 7) is 0.702. The van der Waals surface area contributed by atoms with Gasteiger partial charge in [0.05, 0.1) is 12.7 Å². The summed E-state index contributed by atoms with van der Waals surface area (Å²) in [5.74, 6) is 2.05. The fourth-order valence-corrected chi connectivity index (χ4v) is 3.42. The van der Waals surface area contributed by atoms with E-state index in [1.807, 2.05) is 42.1 Å². The number of nitrogens with zero attached hydrogens (tertiary/aromatic N) is 1. The average Bonchev–Trinajstić information content (AvgIpc) is 2.85. The van der Waals surface area contributed by atoms with Gasteiger partial charge in [-0.15, -0.1) is 11.8 Å². The van der Waals surface area contributed by atoms with Crippen molar-refractivity contribution in [1.82, 2.24) is 0 Å². The Balaban J connectivity index is 1.71. The van der Waals surface area contributed by atoms with Gasteiger partial charge >= 0.3 is 0 Å². The molecule has 1 unspecified atom stereocenters. The molecule has 1 aromatic rings. The Morgan fingerprint density at radius 2 is 2.18 bits per heavy atom. The van der Waals surface area contributed by atoms with Gasteiger partial charge in [-0.2, -0.15) is 5.26 Å². The largest absolute Gasteiger partial charge is 0.494 e. The van der Waals surface area contributed by atoms with E-state index in [2.05, 4.69) is 6.07 Å². The molecule has 2 nitrogen and oxygen atoms in total. The highest BCUT2D eigenvalue weighted by Crippen LogP contribution is 2.41. The van der Waals surface area contributed by atoms with Crippen molar-refractivity contribution >= 4 is 11.8 Å². The molecule has 0 aromatic heterocycles. The van der Waals surface area contributed by atoms with Crippen LogP contribution in [-0.4, -0.2) is 17.1 Å². The summed E-state index contributed by atoms with van der Waals surface area (Å²) in [5.41, 5.74) is 0. The Morgan fingerprint density at radius 3 is 2.82 bits per heavy atom. The highest BCUT2D eigenvalue weighted by atomic mass is 32.2. The summed E-state index contributed by atoms with van der Waals surface area (Å²) < 4.78 is 5.51. The van der Waals surface area contributed by atoms with E-state index in [4.69, 9.17) is 4.74 Å². The number of para-hydroxylation sites is 1. The third-order valence-corrected chi connectivity index (χ3v) is 4.59. The number of hydrogen-bond donors (Lipinski definition) is 0. The van der Waals surface area contributed by atoms with Crippen molar-refractivity contribution < 1.29 is 4.74 Å². The molecule has 0 radical (unpaired) electrons. The molecule has 0 amide bonds. The van der Waals surface area contributed by atoms with Gasteiger partial charge in [0.1, 0.15) is 10.5 Å². The van der Waals surface area contributed by atoms with Crippen LogP contribution >= 0.6 is 11.8 Å². The molecule has 90 valence electrons. The molecule has 3 heteroatoms. The van der Waals surface area contributed by atoms with Crippen LogP contribution in [0.25, 0.3) is 0 Å². The van der Waals surface area contributed by atoms with Crippen LogP contribution in [0.3, 0.4) is 0 Å². The van der Waals surface area contributed by atoms with Crippen molar-refractivity contribution in [2.24, 2.45) is 0 Å². The Morgan fingerprint density at radius 1 is 1.35 bits per heavy atom. The predicted molar refractivity (Wildman–Crippen MR) is 71.2 cm³/mol. The number of benzene rings is 1. The second-order valence-electron chi connectivity index (χ2n) is 4.32. The minimum absolute atomic E-state index is 0.125. The molecule has 1 aromatic carbocycles. The van der Waals surface area contributed by atoms with Gasteiger partial charge in [0.2, 0.25) is 0 Å². The van der Waals surface area contributed by atoms with Gasteiger partial charge in [-0.3, -0.25) is 0 Å². The monoisotopic (exact) mass is 247 g/mol. The third-order valence-electron chi connectivity index (χ3n) is 3.04. The average molecular weight is 247 g/mol. The quantitative estimate of drug-likeness (QED) is 0.745. The normalized spacial score (nSPS) is 23.2. The van der Waals surface area contributed by atoms with Crippen molar-refractivity contribution in [3.05, 3.63) is 30.3 Å². The highest BCUT2D eigenvalue weighted by molar-refractivity contribution is 8.01. The van der Waals surface area contributed by atoms with Crippen LogP contribution < -0.4 is 4.74 Å². The summed E-state index contributed by atoms with van der Waals surface area (Å²) in [6.07, 6.45) is 4.12. The summed E-state index contributed by atoms with van der Waals surface area (Å²) in [5, 5.41) is 9.22. The van der Waals surface area contributed by atoms with Crippen LogP contribution in [0.5, 0.6) is 5.75 Å². The lowest BCUT2D eigenvalue weighted by Gasteiger charge is -2.18. The molecule has 17 heavy (non-hydrogen) atoms. The minimum Gasteiger partial charge on any atom is -0.494 e. The fraction of sp³-hybridized carbons (Fsp3) is 0.500. The molecular weight excluding hydrogens is 230 g/mol. The Labute approximate surface area is 107 Å². The number of thioether (sulfide) groups is 1. The molecule has 0 N–H and O–H groups in total. The maximum atomic E-state index is 9.22. The lowest BCUT2D eigenvalue weighted by molar-refractivity contribution is 0.302. The van der Waals surface area contributed by atoms with Gasteiger partial charge in [-0.1, -0.05) is 18.2 Å². The van der Waals surface area contributed by atoms with Crippen LogP contribution in [0.15, 0.2) is 30.3 Å². The first-order chi connectivity index (χ1) is 8.35. The maximum absolute atomic E-state index is 9.22. The molecule has 1 aliphatic rings. The van der Waals surface area contributed by atoms with Gasteiger partial charge in [-0.05, 0) is 43.6 Å². The van der Waals surface area contributed by atoms with Crippen molar-refractivity contribution in [2.75, 3.05) is 12.4 Å². The van der Waals surface area contributed by atoms with Gasteiger partial charge in [0.25, 0.3) is 0 Å². The van der Waals surface area contributed by atoms with E-state index < -0.39 is 0 Å². The molecule has 1 saturated heterocycles. The molecule has 1 atom stereocenters. The molecule has 0 spiro atoms. The summed E-state index contributed by atoms with van der Waals surface area (Å²) in [6, 6.07) is 12.3. The zero-order chi connectivity index (χ0) is 12.0. The molecule has 1 fully saturated rings. The van der Waals surface area contributed by atoms with E-state index in [0.29, 0.717) is 6.61 Å². The molecule has 2 rings (SSSR count). The fourth-order valence-electron chi connectivity index (χ4n) is 2.10. The number of hydrogen-bond acceptors (Lipinski definition) is 3. The molecule has 1 heterocycles. The summed E-state index contributed by atoms with van der Waals surface area (Å²) in [4.78, 5) is 0. The van der Waals surface area contributed by atoms with Crippen LogP contribution in [0, 0.1) is 11.3 Å². The van der Waals surface area contributed by atoms with E-state index in [9.17, 15) is 5.26 Å². The first kappa shape index (κ1) is 12.3. The lowest BCUT2D eigenvalue weighted by atomic mass is 9.99. The second-order valence-corrected chi connectivity index (χ2v) is 5.80. The van der Waals surface area contributed by atoms with Crippen LogP contribution in [-0.2, 0) is 0 Å². The van der Waals surface area contributed by atoms with E-state index >= 15 is 0 Å². The van der Waals surface area contributed by atoms with Crippen LogP contribution in [0.2, 0.25) is 0 Å². The second kappa shape index (κ2) is 5.97. The Bertz CT molecular complexity index is 379.